The maximum atomic E-state index is 13.3. The van der Waals surface area contributed by atoms with Crippen molar-refractivity contribution < 1.29 is 28.9 Å². The molecular formula is C28H26N2O6. The second-order valence-electron chi connectivity index (χ2n) is 8.56. The van der Waals surface area contributed by atoms with E-state index in [4.69, 9.17) is 14.2 Å². The number of amides is 1. The molecule has 1 N–H and O–H groups in total. The molecule has 0 bridgehead atoms. The normalized spacial score (nSPS) is 18.4. The third-order valence-corrected chi connectivity index (χ3v) is 6.10. The molecule has 1 unspecified atom stereocenters. The Bertz CT molecular complexity index is 1320. The van der Waals surface area contributed by atoms with Crippen LogP contribution >= 0.6 is 0 Å². The Balaban J connectivity index is 1.62. The number of Topliss-reactive ketones (excluding diaryl/α,β-unsaturated/α-hetero) is 1. The average molecular weight is 487 g/mol. The molecule has 1 fully saturated rings. The molecule has 1 amide bonds. The molecule has 1 saturated heterocycles. The summed E-state index contributed by atoms with van der Waals surface area (Å²) in [5.41, 5.74) is 1.86. The van der Waals surface area contributed by atoms with Gasteiger partial charge in [-0.1, -0.05) is 19.1 Å². The highest BCUT2D eigenvalue weighted by Gasteiger charge is 2.46. The van der Waals surface area contributed by atoms with E-state index in [9.17, 15) is 14.7 Å². The van der Waals surface area contributed by atoms with Crippen LogP contribution in [0.15, 0.2) is 72.6 Å². The summed E-state index contributed by atoms with van der Waals surface area (Å²) in [4.78, 5) is 32.1. The van der Waals surface area contributed by atoms with Gasteiger partial charge in [0.25, 0.3) is 11.7 Å². The monoisotopic (exact) mass is 486 g/mol. The number of benzene rings is 2. The zero-order valence-corrected chi connectivity index (χ0v) is 19.8. The fraction of sp³-hybridized carbons (Fsp3) is 0.250. The van der Waals surface area contributed by atoms with Gasteiger partial charge in [-0.2, -0.15) is 0 Å². The number of nitrogens with zero attached hydrogens (tertiary/aromatic N) is 2. The number of aliphatic hydroxyl groups excluding tert-OH is 1. The first kappa shape index (κ1) is 23.4. The van der Waals surface area contributed by atoms with Gasteiger partial charge in [0.15, 0.2) is 11.5 Å². The highest BCUT2D eigenvalue weighted by Crippen LogP contribution is 2.42. The van der Waals surface area contributed by atoms with E-state index >= 15 is 0 Å². The van der Waals surface area contributed by atoms with Crippen LogP contribution in [0.1, 0.15) is 36.1 Å². The quantitative estimate of drug-likeness (QED) is 0.303. The second-order valence-corrected chi connectivity index (χ2v) is 8.56. The Labute approximate surface area is 208 Å². The largest absolute Gasteiger partial charge is 0.507 e. The maximum absolute atomic E-state index is 13.3. The summed E-state index contributed by atoms with van der Waals surface area (Å²) in [5, 5.41) is 11.4. The lowest BCUT2D eigenvalue weighted by Crippen LogP contribution is -2.29. The number of aliphatic hydroxyl groups is 1. The zero-order valence-electron chi connectivity index (χ0n) is 19.8. The van der Waals surface area contributed by atoms with Gasteiger partial charge in [0.05, 0.1) is 18.2 Å². The lowest BCUT2D eigenvalue weighted by atomic mass is 9.95. The number of fused-ring (bicyclic) bond motifs is 1. The number of carbonyl (C=O) groups is 2. The smallest absolute Gasteiger partial charge is 0.295 e. The van der Waals surface area contributed by atoms with Crippen LogP contribution in [-0.4, -0.2) is 46.5 Å². The van der Waals surface area contributed by atoms with E-state index in [0.29, 0.717) is 48.2 Å². The Kier molecular flexibility index (Phi) is 6.58. The maximum Gasteiger partial charge on any atom is 0.295 e. The number of carbonyl (C=O) groups excluding carboxylic acids is 2. The Morgan fingerprint density at radius 3 is 2.61 bits per heavy atom. The number of pyridine rings is 1. The first-order valence-electron chi connectivity index (χ1n) is 11.9. The summed E-state index contributed by atoms with van der Waals surface area (Å²) in [5.74, 6) is -0.0381. The summed E-state index contributed by atoms with van der Waals surface area (Å²) in [6.07, 6.45) is 4.11. The van der Waals surface area contributed by atoms with E-state index in [-0.39, 0.29) is 17.9 Å². The summed E-state index contributed by atoms with van der Waals surface area (Å²) in [7, 11) is 0. The molecular weight excluding hydrogens is 460 g/mol. The zero-order chi connectivity index (χ0) is 25.1. The Hall–Kier alpha value is -4.33. The molecule has 8 heteroatoms. The van der Waals surface area contributed by atoms with Crippen molar-refractivity contribution in [2.75, 3.05) is 19.8 Å². The van der Waals surface area contributed by atoms with Crippen LogP contribution < -0.4 is 14.2 Å². The number of hydrogen-bond acceptors (Lipinski definition) is 7. The minimum absolute atomic E-state index is 0.0124. The molecule has 8 nitrogen and oxygen atoms in total. The summed E-state index contributed by atoms with van der Waals surface area (Å²) in [6, 6.07) is 15.0. The van der Waals surface area contributed by atoms with Crippen molar-refractivity contribution in [2.24, 2.45) is 0 Å². The number of likely N-dealkylation sites (tertiary alicyclic amines) is 1. The van der Waals surface area contributed by atoms with Crippen molar-refractivity contribution in [1.82, 2.24) is 9.88 Å². The minimum atomic E-state index is -0.809. The molecule has 5 rings (SSSR count). The minimum Gasteiger partial charge on any atom is -0.507 e. The van der Waals surface area contributed by atoms with Gasteiger partial charge in [0, 0.05) is 24.5 Å². The van der Waals surface area contributed by atoms with E-state index in [1.807, 2.05) is 31.2 Å². The number of ether oxygens (including phenoxy) is 3. The van der Waals surface area contributed by atoms with E-state index in [1.165, 1.54) is 4.90 Å². The van der Waals surface area contributed by atoms with Gasteiger partial charge in [0.1, 0.15) is 24.7 Å². The third kappa shape index (κ3) is 4.49. The van der Waals surface area contributed by atoms with E-state index in [0.717, 1.165) is 12.0 Å². The van der Waals surface area contributed by atoms with Crippen molar-refractivity contribution in [2.45, 2.75) is 25.9 Å². The summed E-state index contributed by atoms with van der Waals surface area (Å²) in [6.45, 7) is 3.56. The second kappa shape index (κ2) is 10.1. The molecule has 3 heterocycles. The van der Waals surface area contributed by atoms with Gasteiger partial charge >= 0.3 is 0 Å². The van der Waals surface area contributed by atoms with Gasteiger partial charge in [-0.15, -0.1) is 0 Å². The van der Waals surface area contributed by atoms with Gasteiger partial charge in [0.2, 0.25) is 0 Å². The van der Waals surface area contributed by atoms with Crippen LogP contribution in [0.3, 0.4) is 0 Å². The van der Waals surface area contributed by atoms with Gasteiger partial charge in [-0.05, 0) is 60.0 Å². The first-order chi connectivity index (χ1) is 17.6. The topological polar surface area (TPSA) is 98.2 Å². The average Bonchev–Trinajstić information content (AvgIpc) is 3.17. The van der Waals surface area contributed by atoms with Crippen molar-refractivity contribution in [3.05, 3.63) is 89.3 Å². The number of aromatic nitrogens is 1. The molecule has 3 aromatic rings. The predicted molar refractivity (Wildman–Crippen MR) is 132 cm³/mol. The van der Waals surface area contributed by atoms with Crippen LogP contribution in [0.4, 0.5) is 0 Å². The molecule has 0 radical (unpaired) electrons. The van der Waals surface area contributed by atoms with E-state index in [2.05, 4.69) is 4.98 Å². The molecule has 36 heavy (non-hydrogen) atoms. The third-order valence-electron chi connectivity index (χ3n) is 6.10. The van der Waals surface area contributed by atoms with Crippen LogP contribution in [0.5, 0.6) is 17.2 Å². The number of rotatable bonds is 7. The van der Waals surface area contributed by atoms with Crippen molar-refractivity contribution in [1.29, 1.82) is 0 Å². The van der Waals surface area contributed by atoms with Crippen LogP contribution in [0.25, 0.3) is 5.76 Å². The fourth-order valence-electron chi connectivity index (χ4n) is 4.42. The molecule has 1 atom stereocenters. The molecule has 0 spiro atoms. The molecule has 2 aromatic carbocycles. The van der Waals surface area contributed by atoms with Crippen LogP contribution in [0, 0.1) is 0 Å². The standard InChI is InChI=1S/C28H26N2O6/c1-2-12-34-21-5-3-4-19(15-21)25-24(26(31)20-6-7-22-23(16-20)36-14-13-35-22)27(32)28(33)30(25)17-18-8-10-29-11-9-18/h3-11,15-16,25,31H,2,12-14,17H2,1H3/b26-24-. The number of ketones is 1. The van der Waals surface area contributed by atoms with Gasteiger partial charge < -0.3 is 24.2 Å². The van der Waals surface area contributed by atoms with Crippen LogP contribution in [0.2, 0.25) is 0 Å². The van der Waals surface area contributed by atoms with E-state index < -0.39 is 17.7 Å². The molecule has 1 aromatic heterocycles. The lowest BCUT2D eigenvalue weighted by molar-refractivity contribution is -0.140. The van der Waals surface area contributed by atoms with Gasteiger partial charge in [-0.25, -0.2) is 0 Å². The van der Waals surface area contributed by atoms with Crippen molar-refractivity contribution in [3.63, 3.8) is 0 Å². The van der Waals surface area contributed by atoms with Crippen molar-refractivity contribution >= 4 is 17.4 Å². The molecule has 2 aliphatic heterocycles. The van der Waals surface area contributed by atoms with Crippen LogP contribution in [-0.2, 0) is 16.1 Å². The molecule has 184 valence electrons. The molecule has 2 aliphatic rings. The summed E-state index contributed by atoms with van der Waals surface area (Å²) >= 11 is 0. The van der Waals surface area contributed by atoms with Gasteiger partial charge in [-0.3, -0.25) is 14.6 Å². The molecule has 0 aliphatic carbocycles. The molecule has 0 saturated carbocycles. The van der Waals surface area contributed by atoms with Crippen molar-refractivity contribution in [3.8, 4) is 17.2 Å². The predicted octanol–water partition coefficient (Wildman–Crippen LogP) is 4.26. The Morgan fingerprint density at radius 1 is 1.06 bits per heavy atom. The van der Waals surface area contributed by atoms with E-state index in [1.54, 1.807) is 42.7 Å². The number of hydrogen-bond donors (Lipinski definition) is 1. The lowest BCUT2D eigenvalue weighted by Gasteiger charge is -2.26. The Morgan fingerprint density at radius 2 is 1.83 bits per heavy atom. The highest BCUT2D eigenvalue weighted by atomic mass is 16.6. The SMILES string of the molecule is CCCOc1cccc(C2/C(=C(/O)c3ccc4c(c3)OCCO4)C(=O)C(=O)N2Cc2ccncc2)c1. The fourth-order valence-corrected chi connectivity index (χ4v) is 4.42. The highest BCUT2D eigenvalue weighted by molar-refractivity contribution is 6.46. The first-order valence-corrected chi connectivity index (χ1v) is 11.9. The summed E-state index contributed by atoms with van der Waals surface area (Å²) < 4.78 is 17.0.